The minimum atomic E-state index is -0.329. The van der Waals surface area contributed by atoms with Crippen LogP contribution in [0.2, 0.25) is 0 Å². The topological polar surface area (TPSA) is 112 Å². The van der Waals surface area contributed by atoms with Gasteiger partial charge in [0.05, 0.1) is 57.4 Å². The molecule has 0 fully saturated rings. The second-order valence-corrected chi connectivity index (χ2v) is 19.6. The maximum atomic E-state index is 14.1. The van der Waals surface area contributed by atoms with Gasteiger partial charge in [-0.2, -0.15) is 12.6 Å². The van der Waals surface area contributed by atoms with Crippen molar-refractivity contribution in [2.24, 2.45) is 4.99 Å². The first-order valence-corrected chi connectivity index (χ1v) is 23.7. The van der Waals surface area contributed by atoms with Crippen molar-refractivity contribution in [3.8, 4) is 17.2 Å². The minimum Gasteiger partial charge on any atom is -0.493 e. The Bertz CT molecular complexity index is 2660. The summed E-state index contributed by atoms with van der Waals surface area (Å²) >= 11 is 4.95. The fourth-order valence-electron chi connectivity index (χ4n) is 9.72. The predicted molar refractivity (Wildman–Crippen MR) is 266 cm³/mol. The van der Waals surface area contributed by atoms with Gasteiger partial charge >= 0.3 is 0 Å². The number of hydrogen-bond donors (Lipinski definition) is 1. The smallest absolute Gasteiger partial charge is 0.261 e. The fourth-order valence-corrected chi connectivity index (χ4v) is 9.89. The molecule has 4 aliphatic rings. The number of anilines is 3. The molecule has 2 amide bonds. The first-order valence-electron chi connectivity index (χ1n) is 23.2. The van der Waals surface area contributed by atoms with Crippen LogP contribution in [0.5, 0.6) is 17.2 Å². The van der Waals surface area contributed by atoms with Crippen molar-refractivity contribution >= 4 is 53.4 Å². The van der Waals surface area contributed by atoms with Crippen LogP contribution in [-0.2, 0) is 46.7 Å². The van der Waals surface area contributed by atoms with Gasteiger partial charge in [-0.05, 0) is 122 Å². The normalized spacial score (nSPS) is 16.9. The van der Waals surface area contributed by atoms with Gasteiger partial charge in [-0.3, -0.25) is 19.5 Å². The van der Waals surface area contributed by atoms with E-state index in [1.54, 1.807) is 26.4 Å². The van der Waals surface area contributed by atoms with E-state index in [-0.39, 0.29) is 41.9 Å². The molecule has 0 aromatic heterocycles. The molecule has 0 saturated carbocycles. The summed E-state index contributed by atoms with van der Waals surface area (Å²) in [7, 11) is 3.24. The van der Waals surface area contributed by atoms with Gasteiger partial charge in [-0.25, -0.2) is 0 Å². The number of nitrogens with zero attached hydrogens (tertiary/aromatic N) is 4. The molecule has 9 rings (SSSR count). The van der Waals surface area contributed by atoms with Crippen molar-refractivity contribution in [2.75, 3.05) is 75.0 Å². The van der Waals surface area contributed by atoms with Gasteiger partial charge in [0.15, 0.2) is 11.5 Å². The highest BCUT2D eigenvalue weighted by atomic mass is 32.1. The summed E-state index contributed by atoms with van der Waals surface area (Å²) < 4.78 is 35.5. The Labute approximate surface area is 399 Å². The van der Waals surface area contributed by atoms with E-state index in [0.29, 0.717) is 75.3 Å². The third-order valence-electron chi connectivity index (χ3n) is 12.9. The van der Waals surface area contributed by atoms with E-state index in [1.807, 2.05) is 59.3 Å². The van der Waals surface area contributed by atoms with Crippen LogP contribution in [0.1, 0.15) is 74.4 Å². The third kappa shape index (κ3) is 10.2. The molecule has 4 aliphatic heterocycles. The first-order chi connectivity index (χ1) is 32.5. The van der Waals surface area contributed by atoms with Gasteiger partial charge in [0.25, 0.3) is 11.8 Å². The van der Waals surface area contributed by atoms with Crippen molar-refractivity contribution in [1.82, 2.24) is 0 Å². The summed E-state index contributed by atoms with van der Waals surface area (Å²) in [6.45, 7) is 10.4. The highest BCUT2D eigenvalue weighted by Crippen LogP contribution is 2.42. The molecule has 13 heteroatoms. The van der Waals surface area contributed by atoms with Crippen molar-refractivity contribution in [3.63, 3.8) is 0 Å². The number of benzene rings is 5. The molecule has 0 aliphatic carbocycles. The maximum absolute atomic E-state index is 14.1. The van der Waals surface area contributed by atoms with Crippen LogP contribution in [0.15, 0.2) is 96.0 Å². The first kappa shape index (κ1) is 46.3. The summed E-state index contributed by atoms with van der Waals surface area (Å²) in [5.74, 6) is 1.60. The van der Waals surface area contributed by atoms with Crippen molar-refractivity contribution in [3.05, 3.63) is 136 Å². The van der Waals surface area contributed by atoms with E-state index in [2.05, 4.69) is 61.2 Å². The highest BCUT2D eigenvalue weighted by Gasteiger charge is 2.38. The Hall–Kier alpha value is -5.86. The molecule has 350 valence electrons. The largest absolute Gasteiger partial charge is 0.493 e. The standard InChI is InChI=1S/C54H60N4O8S/c1-35-22-44-38(14-15-41-26-39-10-6-8-12-47(39)57(41)52(44)59)28-49(35)65-32-36-23-37(25-42(24-36)56(34-54(2,3)67)16-17-63-20-21-64-19-18-61-4)33-66-51-30-46-45(29-50(51)62-5)53(60)58-43(31-55-46)27-40-11-7-9-13-48(40)58/h6-13,22-25,28-31,41,43,67H,14-21,26-27,32-34H2,1-5H3/t41-,43+/m1/s1. The number of hydrogen-bond acceptors (Lipinski definition) is 11. The fraction of sp³-hybridized carbons (Fsp3) is 0.389. The Morgan fingerprint density at radius 2 is 1.37 bits per heavy atom. The monoisotopic (exact) mass is 924 g/mol. The lowest BCUT2D eigenvalue weighted by atomic mass is 9.98. The lowest BCUT2D eigenvalue weighted by Gasteiger charge is -2.32. The average Bonchev–Trinajstić information content (AvgIpc) is 3.81. The number of carbonyl (C=O) groups is 2. The number of carbonyl (C=O) groups excluding carboxylic acids is 2. The summed E-state index contributed by atoms with van der Waals surface area (Å²) in [5.41, 5.74) is 10.7. The molecular weight excluding hydrogens is 865 g/mol. The van der Waals surface area contributed by atoms with Gasteiger partial charge in [0.2, 0.25) is 0 Å². The van der Waals surface area contributed by atoms with Gasteiger partial charge < -0.3 is 38.2 Å². The maximum Gasteiger partial charge on any atom is 0.261 e. The summed E-state index contributed by atoms with van der Waals surface area (Å²) in [6, 6.07) is 30.2. The average molecular weight is 925 g/mol. The zero-order valence-electron chi connectivity index (χ0n) is 39.1. The van der Waals surface area contributed by atoms with Crippen molar-refractivity contribution in [1.29, 1.82) is 0 Å². The molecule has 2 atom stereocenters. The van der Waals surface area contributed by atoms with Crippen LogP contribution in [0.25, 0.3) is 0 Å². The number of rotatable bonds is 19. The molecule has 0 radical (unpaired) electrons. The van der Waals surface area contributed by atoms with Gasteiger partial charge in [0, 0.05) is 72.3 Å². The van der Waals surface area contributed by atoms with Gasteiger partial charge in [-0.1, -0.05) is 36.4 Å². The Balaban J connectivity index is 0.976. The van der Waals surface area contributed by atoms with Crippen LogP contribution in [0.3, 0.4) is 0 Å². The van der Waals surface area contributed by atoms with Crippen LogP contribution in [0, 0.1) is 6.92 Å². The Kier molecular flexibility index (Phi) is 13.9. The highest BCUT2D eigenvalue weighted by molar-refractivity contribution is 7.81. The number of aryl methyl sites for hydroxylation is 2. The van der Waals surface area contributed by atoms with Crippen molar-refractivity contribution < 1.29 is 38.0 Å². The van der Waals surface area contributed by atoms with E-state index in [9.17, 15) is 9.59 Å². The molecule has 4 heterocycles. The lowest BCUT2D eigenvalue weighted by Crippen LogP contribution is -2.37. The third-order valence-corrected chi connectivity index (χ3v) is 13.0. The summed E-state index contributed by atoms with van der Waals surface area (Å²) in [6.07, 6.45) is 5.11. The number of methoxy groups -OCH3 is 2. The van der Waals surface area contributed by atoms with Crippen molar-refractivity contribution in [2.45, 2.75) is 76.5 Å². The van der Waals surface area contributed by atoms with E-state index in [1.165, 1.54) is 5.56 Å². The minimum absolute atomic E-state index is 0.0554. The molecule has 0 bridgehead atoms. The molecule has 67 heavy (non-hydrogen) atoms. The predicted octanol–water partition coefficient (Wildman–Crippen LogP) is 9.16. The Morgan fingerprint density at radius 1 is 0.716 bits per heavy atom. The molecular formula is C54H60N4O8S. The molecule has 0 unspecified atom stereocenters. The summed E-state index contributed by atoms with van der Waals surface area (Å²) in [4.78, 5) is 39.2. The zero-order chi connectivity index (χ0) is 46.7. The van der Waals surface area contributed by atoms with Crippen LogP contribution in [-0.4, -0.2) is 95.2 Å². The molecule has 0 N–H and O–H groups in total. The quantitative estimate of drug-likeness (QED) is 0.0641. The number of amides is 2. The van der Waals surface area contributed by atoms with Crippen LogP contribution < -0.4 is 28.9 Å². The lowest BCUT2D eigenvalue weighted by molar-refractivity contribution is 0.0264. The molecule has 0 spiro atoms. The van der Waals surface area contributed by atoms with Gasteiger partial charge in [0.1, 0.15) is 19.0 Å². The van der Waals surface area contributed by atoms with E-state index < -0.39 is 0 Å². The van der Waals surface area contributed by atoms with Crippen LogP contribution >= 0.6 is 12.6 Å². The number of para-hydroxylation sites is 2. The molecule has 0 saturated heterocycles. The SMILES string of the molecule is COCCOCCOCCN(CC(C)(C)S)c1cc(COc2cc3c(cc2C)C(=O)N2c4ccccc4C[C@H]2CC3)cc(COc2cc3c(cc2OC)C(=O)N2c4ccccc4C[C@H]2C=N3)c1. The molecule has 5 aromatic rings. The van der Waals surface area contributed by atoms with Gasteiger partial charge in [-0.15, -0.1) is 0 Å². The zero-order valence-corrected chi connectivity index (χ0v) is 40.0. The second kappa shape index (κ2) is 20.2. The molecule has 12 nitrogen and oxygen atoms in total. The van der Waals surface area contributed by atoms with E-state index in [4.69, 9.17) is 46.0 Å². The number of fused-ring (bicyclic) bond motifs is 8. The summed E-state index contributed by atoms with van der Waals surface area (Å²) in [5, 5.41) is 0. The number of ether oxygens (including phenoxy) is 6. The Morgan fingerprint density at radius 3 is 2.09 bits per heavy atom. The number of aliphatic imine (C=N–C) groups is 1. The van der Waals surface area contributed by atoms with Crippen LogP contribution in [0.4, 0.5) is 22.7 Å². The molecule has 5 aromatic carbocycles. The van der Waals surface area contributed by atoms with E-state index >= 15 is 0 Å². The van der Waals surface area contributed by atoms with E-state index in [0.717, 1.165) is 75.5 Å². The second-order valence-electron chi connectivity index (χ2n) is 18.4. The number of thiol groups is 1.